The Labute approximate surface area is 84.0 Å². The van der Waals surface area contributed by atoms with Gasteiger partial charge in [-0.2, -0.15) is 5.10 Å². The molecule has 1 aromatic rings. The molecule has 0 radical (unpaired) electrons. The summed E-state index contributed by atoms with van der Waals surface area (Å²) < 4.78 is 2.59. The van der Waals surface area contributed by atoms with Crippen molar-refractivity contribution in [3.63, 3.8) is 0 Å². The van der Waals surface area contributed by atoms with Crippen molar-refractivity contribution < 1.29 is 9.90 Å². The van der Waals surface area contributed by atoms with E-state index in [-0.39, 0.29) is 0 Å². The van der Waals surface area contributed by atoms with Gasteiger partial charge >= 0.3 is 5.97 Å². The second-order valence-electron chi connectivity index (χ2n) is 2.53. The number of aliphatic carboxylic acids is 1. The molecule has 0 saturated carbocycles. The number of aromatic nitrogens is 2. The highest BCUT2D eigenvalue weighted by Gasteiger charge is 1.98. The molecule has 70 valence electrons. The molecule has 0 fully saturated rings. The zero-order valence-corrected chi connectivity index (χ0v) is 8.65. The van der Waals surface area contributed by atoms with Gasteiger partial charge < -0.3 is 5.11 Å². The van der Waals surface area contributed by atoms with Gasteiger partial charge in [0.2, 0.25) is 0 Å². The van der Waals surface area contributed by atoms with Crippen molar-refractivity contribution in [2.24, 2.45) is 0 Å². The summed E-state index contributed by atoms with van der Waals surface area (Å²) in [6.45, 7) is 2.35. The summed E-state index contributed by atoms with van der Waals surface area (Å²) in [5, 5.41) is 12.5. The molecule has 0 atom stereocenters. The summed E-state index contributed by atoms with van der Waals surface area (Å²) in [4.78, 5) is 10.1. The maximum absolute atomic E-state index is 10.1. The summed E-state index contributed by atoms with van der Waals surface area (Å²) in [5.41, 5.74) is 0.892. The topological polar surface area (TPSA) is 55.1 Å². The molecule has 0 aromatic carbocycles. The summed E-state index contributed by atoms with van der Waals surface area (Å²) in [6.07, 6.45) is 4.45. The first kappa shape index (κ1) is 9.98. The first-order chi connectivity index (χ1) is 6.09. The Morgan fingerprint density at radius 3 is 3.00 bits per heavy atom. The third-order valence-electron chi connectivity index (χ3n) is 1.44. The Balaban J connectivity index is 2.60. The molecular formula is C8H9BrN2O2. The van der Waals surface area contributed by atoms with Crippen LogP contribution < -0.4 is 0 Å². The second kappa shape index (κ2) is 4.23. The van der Waals surface area contributed by atoms with Gasteiger partial charge in [-0.1, -0.05) is 6.08 Å². The largest absolute Gasteiger partial charge is 0.478 e. The molecule has 5 heteroatoms. The van der Waals surface area contributed by atoms with Gasteiger partial charge in [0.1, 0.15) is 0 Å². The molecule has 0 spiro atoms. The van der Waals surface area contributed by atoms with E-state index in [9.17, 15) is 4.79 Å². The Kier molecular flexibility index (Phi) is 3.25. The number of halogens is 1. The van der Waals surface area contributed by atoms with E-state index >= 15 is 0 Å². The van der Waals surface area contributed by atoms with E-state index in [2.05, 4.69) is 21.0 Å². The second-order valence-corrected chi connectivity index (χ2v) is 3.38. The number of rotatable bonds is 3. The Morgan fingerprint density at radius 2 is 2.54 bits per heavy atom. The van der Waals surface area contributed by atoms with E-state index in [1.54, 1.807) is 10.8 Å². The number of hydrogen-bond acceptors (Lipinski definition) is 2. The van der Waals surface area contributed by atoms with Crippen LogP contribution in [-0.2, 0) is 11.3 Å². The lowest BCUT2D eigenvalue weighted by Gasteiger charge is -1.92. The van der Waals surface area contributed by atoms with Crippen LogP contribution in [0.15, 0.2) is 22.8 Å². The number of carbonyl (C=O) groups is 1. The summed E-state index contributed by atoms with van der Waals surface area (Å²) in [7, 11) is 0. The smallest absolute Gasteiger partial charge is 0.328 e. The number of hydrogen-bond donors (Lipinski definition) is 1. The standard InChI is InChI=1S/C8H9BrN2O2/c1-6-7(9)5-11(10-6)4-2-3-8(12)13/h2-3,5H,4H2,1H3,(H,12,13)/b3-2+. The molecular weight excluding hydrogens is 236 g/mol. The number of carboxylic acid groups (broad SMARTS) is 1. The van der Waals surface area contributed by atoms with Gasteiger partial charge in [0, 0.05) is 12.3 Å². The van der Waals surface area contributed by atoms with Crippen molar-refractivity contribution in [1.29, 1.82) is 0 Å². The van der Waals surface area contributed by atoms with Crippen LogP contribution in [0.4, 0.5) is 0 Å². The Bertz CT molecular complexity index is 324. The number of allylic oxidation sites excluding steroid dienone is 1. The molecule has 0 bridgehead atoms. The van der Waals surface area contributed by atoms with E-state index in [1.165, 1.54) is 0 Å². The minimum Gasteiger partial charge on any atom is -0.478 e. The number of nitrogens with zero attached hydrogens (tertiary/aromatic N) is 2. The van der Waals surface area contributed by atoms with Crippen LogP contribution in [-0.4, -0.2) is 20.9 Å². The highest BCUT2D eigenvalue weighted by Crippen LogP contribution is 2.12. The van der Waals surface area contributed by atoms with Gasteiger partial charge in [0.15, 0.2) is 0 Å². The molecule has 1 N–H and O–H groups in total. The van der Waals surface area contributed by atoms with Crippen LogP contribution >= 0.6 is 15.9 Å². The average Bonchev–Trinajstić information content (AvgIpc) is 2.30. The van der Waals surface area contributed by atoms with Crippen LogP contribution in [0.2, 0.25) is 0 Å². The van der Waals surface area contributed by atoms with Crippen LogP contribution in [0, 0.1) is 6.92 Å². The molecule has 0 aliphatic heterocycles. The van der Waals surface area contributed by atoms with E-state index in [0.717, 1.165) is 16.2 Å². The quantitative estimate of drug-likeness (QED) is 0.823. The van der Waals surface area contributed by atoms with E-state index < -0.39 is 5.97 Å². The molecule has 0 aliphatic rings. The lowest BCUT2D eigenvalue weighted by atomic mass is 10.5. The minimum absolute atomic E-state index is 0.471. The highest BCUT2D eigenvalue weighted by molar-refractivity contribution is 9.10. The Hall–Kier alpha value is -1.10. The average molecular weight is 245 g/mol. The van der Waals surface area contributed by atoms with Gasteiger partial charge in [-0.05, 0) is 22.9 Å². The molecule has 0 unspecified atom stereocenters. The van der Waals surface area contributed by atoms with Crippen molar-refractivity contribution in [1.82, 2.24) is 9.78 Å². The van der Waals surface area contributed by atoms with Gasteiger partial charge in [-0.15, -0.1) is 0 Å². The molecule has 1 rings (SSSR count). The lowest BCUT2D eigenvalue weighted by Crippen LogP contribution is -1.97. The SMILES string of the molecule is Cc1nn(C/C=C/C(=O)O)cc1Br. The van der Waals surface area contributed by atoms with Crippen molar-refractivity contribution in [3.8, 4) is 0 Å². The number of aryl methyl sites for hydroxylation is 1. The molecule has 13 heavy (non-hydrogen) atoms. The van der Waals surface area contributed by atoms with Gasteiger partial charge in [0.05, 0.1) is 16.7 Å². The van der Waals surface area contributed by atoms with E-state index in [0.29, 0.717) is 6.54 Å². The molecule has 1 heterocycles. The van der Waals surface area contributed by atoms with Gasteiger partial charge in [-0.25, -0.2) is 4.79 Å². The summed E-state index contributed by atoms with van der Waals surface area (Å²) in [5.74, 6) is -0.942. The molecule has 0 saturated heterocycles. The van der Waals surface area contributed by atoms with Crippen molar-refractivity contribution >= 4 is 21.9 Å². The fourth-order valence-electron chi connectivity index (χ4n) is 0.849. The van der Waals surface area contributed by atoms with Crippen LogP contribution in [0.1, 0.15) is 5.69 Å². The first-order valence-corrected chi connectivity index (χ1v) is 4.48. The van der Waals surface area contributed by atoms with Crippen LogP contribution in [0.5, 0.6) is 0 Å². The van der Waals surface area contributed by atoms with Crippen LogP contribution in [0.25, 0.3) is 0 Å². The summed E-state index contributed by atoms with van der Waals surface area (Å²) in [6, 6.07) is 0. The number of carboxylic acids is 1. The molecule has 0 amide bonds. The highest BCUT2D eigenvalue weighted by atomic mass is 79.9. The van der Waals surface area contributed by atoms with E-state index in [1.807, 2.05) is 13.1 Å². The van der Waals surface area contributed by atoms with Crippen LogP contribution in [0.3, 0.4) is 0 Å². The molecule has 4 nitrogen and oxygen atoms in total. The molecule has 0 aliphatic carbocycles. The van der Waals surface area contributed by atoms with Crippen molar-refractivity contribution in [3.05, 3.63) is 28.5 Å². The first-order valence-electron chi connectivity index (χ1n) is 3.68. The predicted octanol–water partition coefficient (Wildman–Crippen LogP) is 1.59. The fraction of sp³-hybridized carbons (Fsp3) is 0.250. The minimum atomic E-state index is -0.942. The Morgan fingerprint density at radius 1 is 1.85 bits per heavy atom. The third kappa shape index (κ3) is 3.02. The monoisotopic (exact) mass is 244 g/mol. The predicted molar refractivity (Wildman–Crippen MR) is 51.4 cm³/mol. The van der Waals surface area contributed by atoms with E-state index in [4.69, 9.17) is 5.11 Å². The zero-order valence-electron chi connectivity index (χ0n) is 7.07. The lowest BCUT2D eigenvalue weighted by molar-refractivity contribution is -0.131. The third-order valence-corrected chi connectivity index (χ3v) is 2.22. The fourth-order valence-corrected chi connectivity index (χ4v) is 1.16. The summed E-state index contributed by atoms with van der Waals surface area (Å²) >= 11 is 3.31. The van der Waals surface area contributed by atoms with Crippen molar-refractivity contribution in [2.45, 2.75) is 13.5 Å². The normalized spacial score (nSPS) is 10.9. The zero-order chi connectivity index (χ0) is 9.84. The van der Waals surface area contributed by atoms with Crippen molar-refractivity contribution in [2.75, 3.05) is 0 Å². The molecule has 1 aromatic heterocycles. The maximum Gasteiger partial charge on any atom is 0.328 e. The van der Waals surface area contributed by atoms with Gasteiger partial charge in [0.25, 0.3) is 0 Å². The van der Waals surface area contributed by atoms with Gasteiger partial charge in [-0.3, -0.25) is 4.68 Å². The maximum atomic E-state index is 10.1.